The number of non-ortho nitro benzene ring substituents is 1. The number of sulfonamides is 1. The van der Waals surface area contributed by atoms with Crippen LogP contribution in [0.15, 0.2) is 17.0 Å². The van der Waals surface area contributed by atoms with Gasteiger partial charge in [0.25, 0.3) is 25.9 Å². The van der Waals surface area contributed by atoms with Crippen LogP contribution in [0, 0.1) is 20.2 Å². The third kappa shape index (κ3) is 8.79. The highest BCUT2D eigenvalue weighted by molar-refractivity contribution is 7.89. The van der Waals surface area contributed by atoms with Crippen molar-refractivity contribution in [1.82, 2.24) is 9.21 Å². The Balaban J connectivity index is 2.71. The number of hydrogen-bond acceptors (Lipinski definition) is 14. The molecule has 1 aliphatic rings. The fourth-order valence-corrected chi connectivity index (χ4v) is 5.86. The van der Waals surface area contributed by atoms with E-state index in [0.717, 1.165) is 21.7 Å². The molecule has 1 aliphatic heterocycles. The summed E-state index contributed by atoms with van der Waals surface area (Å²) in [6, 6.07) is 1.25. The molecule has 1 aromatic rings. The van der Waals surface area contributed by atoms with Crippen molar-refractivity contribution in [3.63, 3.8) is 0 Å². The number of benzene rings is 1. The van der Waals surface area contributed by atoms with E-state index in [2.05, 4.69) is 8.37 Å². The summed E-state index contributed by atoms with van der Waals surface area (Å²) in [7, 11) is -10.7. The fraction of sp³-hybridized carbons (Fsp3) is 0.647. The topological polar surface area (TPSA) is 217 Å². The standard InChI is InChI=1S/C17H27N5O12S3/c1-18-4-6-20(7-5-18)37(31,32)16-13-14(21(23)24)12-15(22(25)26)17(16)19(8-10-33-35(2,27)28)9-11-34-36(3,29)30/h12-13H,4-11H2,1-3H3. The molecule has 20 heteroatoms. The van der Waals surface area contributed by atoms with Crippen LogP contribution in [-0.4, -0.2) is 116 Å². The van der Waals surface area contributed by atoms with Gasteiger partial charge in [-0.1, -0.05) is 0 Å². The summed E-state index contributed by atoms with van der Waals surface area (Å²) in [6.45, 7) is -1.46. The molecule has 37 heavy (non-hydrogen) atoms. The molecule has 17 nitrogen and oxygen atoms in total. The second kappa shape index (κ2) is 11.9. The summed E-state index contributed by atoms with van der Waals surface area (Å²) >= 11 is 0. The van der Waals surface area contributed by atoms with Gasteiger partial charge in [-0.3, -0.25) is 28.6 Å². The molecule has 0 unspecified atom stereocenters. The van der Waals surface area contributed by atoms with Crippen LogP contribution in [0.1, 0.15) is 0 Å². The van der Waals surface area contributed by atoms with Gasteiger partial charge in [-0.2, -0.15) is 21.1 Å². The molecule has 2 rings (SSSR count). The first kappa shape index (κ1) is 30.7. The van der Waals surface area contributed by atoms with Gasteiger partial charge in [0.2, 0.25) is 10.0 Å². The zero-order valence-corrected chi connectivity index (χ0v) is 22.6. The van der Waals surface area contributed by atoms with Crippen molar-refractivity contribution in [3.05, 3.63) is 32.4 Å². The zero-order valence-electron chi connectivity index (χ0n) is 20.2. The van der Waals surface area contributed by atoms with Gasteiger partial charge in [0.1, 0.15) is 10.6 Å². The van der Waals surface area contributed by atoms with Crippen molar-refractivity contribution >= 4 is 47.3 Å². The Morgan fingerprint density at radius 1 is 0.865 bits per heavy atom. The number of likely N-dealkylation sites (N-methyl/N-ethyl adjacent to an activating group) is 1. The fourth-order valence-electron chi connectivity index (χ4n) is 3.44. The van der Waals surface area contributed by atoms with Crippen molar-refractivity contribution in [2.75, 3.05) is 76.9 Å². The SMILES string of the molecule is CN1CCN(S(=O)(=O)c2cc([N+](=O)[O-])cc([N+](=O)[O-])c2N(CCOS(C)(=O)=O)CCOS(C)(=O)=O)CC1. The molecular weight excluding hydrogens is 562 g/mol. The average molecular weight is 590 g/mol. The summed E-state index contributed by atoms with van der Waals surface area (Å²) in [6.07, 6.45) is 1.50. The lowest BCUT2D eigenvalue weighted by molar-refractivity contribution is -0.394. The van der Waals surface area contributed by atoms with Gasteiger partial charge < -0.3 is 9.80 Å². The van der Waals surface area contributed by atoms with Crippen molar-refractivity contribution in [2.45, 2.75) is 4.90 Å². The Kier molecular flexibility index (Phi) is 9.90. The largest absolute Gasteiger partial charge is 0.360 e. The summed E-state index contributed by atoms with van der Waals surface area (Å²) in [4.78, 5) is 23.5. The molecule has 0 spiro atoms. The lowest BCUT2D eigenvalue weighted by atomic mass is 10.2. The minimum absolute atomic E-state index is 0.00312. The molecule has 1 aromatic carbocycles. The number of piperazine rings is 1. The second-order valence-corrected chi connectivity index (χ2v) is 13.3. The molecule has 210 valence electrons. The first-order chi connectivity index (χ1) is 16.9. The first-order valence-corrected chi connectivity index (χ1v) is 15.6. The summed E-state index contributed by atoms with van der Waals surface area (Å²) < 4.78 is 83.3. The second-order valence-electron chi connectivity index (χ2n) is 8.07. The van der Waals surface area contributed by atoms with Crippen LogP contribution in [0.25, 0.3) is 0 Å². The van der Waals surface area contributed by atoms with E-state index >= 15 is 0 Å². The van der Waals surface area contributed by atoms with Crippen LogP contribution >= 0.6 is 0 Å². The van der Waals surface area contributed by atoms with Crippen LogP contribution in [-0.2, 0) is 38.6 Å². The Morgan fingerprint density at radius 3 is 1.76 bits per heavy atom. The molecule has 1 fully saturated rings. The van der Waals surface area contributed by atoms with E-state index in [1.54, 1.807) is 7.05 Å². The first-order valence-electron chi connectivity index (χ1n) is 10.5. The molecule has 1 heterocycles. The molecule has 0 radical (unpaired) electrons. The van der Waals surface area contributed by atoms with Gasteiger partial charge >= 0.3 is 5.69 Å². The van der Waals surface area contributed by atoms with E-state index < -0.39 is 88.4 Å². The molecule has 0 bridgehead atoms. The van der Waals surface area contributed by atoms with Gasteiger partial charge in [0, 0.05) is 45.3 Å². The van der Waals surface area contributed by atoms with E-state index in [1.807, 2.05) is 4.90 Å². The zero-order chi connectivity index (χ0) is 28.2. The van der Waals surface area contributed by atoms with Crippen LogP contribution in [0.4, 0.5) is 17.1 Å². The van der Waals surface area contributed by atoms with E-state index in [0.29, 0.717) is 25.2 Å². The lowest BCUT2D eigenvalue weighted by Gasteiger charge is -2.33. The smallest absolute Gasteiger partial charge is 0.300 e. The van der Waals surface area contributed by atoms with Crippen molar-refractivity contribution in [1.29, 1.82) is 0 Å². The Bertz CT molecular complexity index is 1300. The summed E-state index contributed by atoms with van der Waals surface area (Å²) in [5, 5.41) is 23.5. The highest BCUT2D eigenvalue weighted by Crippen LogP contribution is 2.40. The minimum Gasteiger partial charge on any atom is -0.360 e. The van der Waals surface area contributed by atoms with Crippen LogP contribution in [0.5, 0.6) is 0 Å². The molecule has 0 atom stereocenters. The molecule has 0 saturated carbocycles. The van der Waals surface area contributed by atoms with Crippen LogP contribution < -0.4 is 4.90 Å². The van der Waals surface area contributed by atoms with E-state index in [-0.39, 0.29) is 13.1 Å². The number of nitrogens with zero attached hydrogens (tertiary/aromatic N) is 5. The molecule has 1 saturated heterocycles. The van der Waals surface area contributed by atoms with Crippen molar-refractivity contribution in [2.24, 2.45) is 0 Å². The predicted molar refractivity (Wildman–Crippen MR) is 130 cm³/mol. The Labute approximate surface area is 214 Å². The highest BCUT2D eigenvalue weighted by atomic mass is 32.2. The Hall–Kier alpha value is -2.49. The number of rotatable bonds is 13. The number of hydrogen-bond donors (Lipinski definition) is 0. The number of anilines is 1. The third-order valence-electron chi connectivity index (χ3n) is 5.16. The minimum atomic E-state index is -4.54. The van der Waals surface area contributed by atoms with Gasteiger partial charge in [-0.25, -0.2) is 8.42 Å². The molecule has 0 N–H and O–H groups in total. The van der Waals surface area contributed by atoms with E-state index in [1.165, 1.54) is 0 Å². The van der Waals surface area contributed by atoms with E-state index in [9.17, 15) is 45.5 Å². The summed E-state index contributed by atoms with van der Waals surface area (Å²) in [5.41, 5.74) is -2.41. The summed E-state index contributed by atoms with van der Waals surface area (Å²) in [5.74, 6) is 0. The van der Waals surface area contributed by atoms with Crippen molar-refractivity contribution < 1.29 is 43.5 Å². The average Bonchev–Trinajstić information content (AvgIpc) is 2.75. The quantitative estimate of drug-likeness (QED) is 0.156. The normalized spacial score (nSPS) is 16.0. The van der Waals surface area contributed by atoms with Gasteiger partial charge in [0.05, 0.1) is 41.6 Å². The van der Waals surface area contributed by atoms with Gasteiger partial charge in [-0.15, -0.1) is 0 Å². The monoisotopic (exact) mass is 589 g/mol. The maximum Gasteiger partial charge on any atom is 0.300 e. The van der Waals surface area contributed by atoms with Crippen LogP contribution in [0.3, 0.4) is 0 Å². The molecule has 0 aromatic heterocycles. The number of nitro groups is 2. The molecule has 0 aliphatic carbocycles. The maximum atomic E-state index is 13.6. The lowest BCUT2D eigenvalue weighted by Crippen LogP contribution is -2.47. The number of nitro benzene ring substituents is 2. The Morgan fingerprint density at radius 2 is 1.35 bits per heavy atom. The van der Waals surface area contributed by atoms with Crippen molar-refractivity contribution in [3.8, 4) is 0 Å². The highest BCUT2D eigenvalue weighted by Gasteiger charge is 2.37. The third-order valence-corrected chi connectivity index (χ3v) is 8.26. The van der Waals surface area contributed by atoms with Gasteiger partial charge in [-0.05, 0) is 7.05 Å². The predicted octanol–water partition coefficient (Wildman–Crippen LogP) is -0.802. The van der Waals surface area contributed by atoms with Gasteiger partial charge in [0.15, 0.2) is 0 Å². The molecule has 0 amide bonds. The van der Waals surface area contributed by atoms with Crippen LogP contribution in [0.2, 0.25) is 0 Å². The maximum absolute atomic E-state index is 13.6. The molecular formula is C17H27N5O12S3. The van der Waals surface area contributed by atoms with E-state index in [4.69, 9.17) is 0 Å².